The van der Waals surface area contributed by atoms with E-state index < -0.39 is 0 Å². The minimum absolute atomic E-state index is 0.0656. The molecule has 1 heterocycles. The van der Waals surface area contributed by atoms with Crippen molar-refractivity contribution < 1.29 is 4.79 Å². The van der Waals surface area contributed by atoms with Crippen molar-refractivity contribution in [2.75, 3.05) is 0 Å². The Morgan fingerprint density at radius 1 is 1.42 bits per heavy atom. The van der Waals surface area contributed by atoms with Crippen LogP contribution in [0.5, 0.6) is 0 Å². The van der Waals surface area contributed by atoms with E-state index in [1.807, 2.05) is 18.3 Å². The Hall–Kier alpha value is -1.51. The van der Waals surface area contributed by atoms with Gasteiger partial charge in [-0.2, -0.15) is 0 Å². The number of hydrogen-bond acceptors (Lipinski definition) is 1. The summed E-state index contributed by atoms with van der Waals surface area (Å²) >= 11 is 0. The fourth-order valence-electron chi connectivity index (χ4n) is 2.88. The molecule has 3 heteroatoms. The van der Waals surface area contributed by atoms with E-state index in [4.69, 9.17) is 0 Å². The zero-order valence-corrected chi connectivity index (χ0v) is 11.6. The second-order valence-electron chi connectivity index (χ2n) is 5.75. The molecule has 19 heavy (non-hydrogen) atoms. The van der Waals surface area contributed by atoms with E-state index in [1.54, 1.807) is 0 Å². The number of carbonyl (C=O) groups is 1. The summed E-state index contributed by atoms with van der Waals surface area (Å²) < 4.78 is 2.12. The van der Waals surface area contributed by atoms with Crippen molar-refractivity contribution in [3.05, 3.63) is 35.7 Å². The average molecular weight is 258 g/mol. The first-order valence-electron chi connectivity index (χ1n) is 7.42. The van der Waals surface area contributed by atoms with Crippen molar-refractivity contribution in [3.63, 3.8) is 0 Å². The Bertz CT molecular complexity index is 497. The highest BCUT2D eigenvalue weighted by molar-refractivity contribution is 5.93. The van der Waals surface area contributed by atoms with Crippen LogP contribution in [0.15, 0.2) is 30.0 Å². The van der Waals surface area contributed by atoms with E-state index in [9.17, 15) is 4.79 Å². The van der Waals surface area contributed by atoms with Gasteiger partial charge in [-0.05, 0) is 57.6 Å². The molecule has 1 aromatic heterocycles. The van der Waals surface area contributed by atoms with E-state index >= 15 is 0 Å². The highest BCUT2D eigenvalue weighted by atomic mass is 16.2. The van der Waals surface area contributed by atoms with Gasteiger partial charge in [0.2, 0.25) is 0 Å². The average Bonchev–Trinajstić information content (AvgIpc) is 3.16. The predicted octanol–water partition coefficient (Wildman–Crippen LogP) is 3.44. The van der Waals surface area contributed by atoms with Crippen molar-refractivity contribution in [1.82, 2.24) is 9.88 Å². The third kappa shape index (κ3) is 2.75. The number of carbonyl (C=O) groups excluding carboxylic acids is 1. The Morgan fingerprint density at radius 3 is 2.95 bits per heavy atom. The van der Waals surface area contributed by atoms with Gasteiger partial charge in [0.1, 0.15) is 5.69 Å². The molecule has 1 aromatic rings. The maximum Gasteiger partial charge on any atom is 0.268 e. The van der Waals surface area contributed by atoms with Gasteiger partial charge in [0, 0.05) is 18.3 Å². The van der Waals surface area contributed by atoms with E-state index in [-0.39, 0.29) is 11.9 Å². The van der Waals surface area contributed by atoms with Crippen molar-refractivity contribution in [1.29, 1.82) is 0 Å². The largest absolute Gasteiger partial charge is 0.345 e. The predicted molar refractivity (Wildman–Crippen MR) is 76.2 cm³/mol. The van der Waals surface area contributed by atoms with Crippen LogP contribution in [0.1, 0.15) is 62.0 Å². The van der Waals surface area contributed by atoms with Gasteiger partial charge in [-0.15, -0.1) is 0 Å². The van der Waals surface area contributed by atoms with Gasteiger partial charge < -0.3 is 9.88 Å². The first kappa shape index (κ1) is 12.5. The Kier molecular flexibility index (Phi) is 3.45. The van der Waals surface area contributed by atoms with Crippen LogP contribution in [0.4, 0.5) is 0 Å². The third-order valence-electron chi connectivity index (χ3n) is 4.18. The number of aromatic nitrogens is 1. The third-order valence-corrected chi connectivity index (χ3v) is 4.18. The maximum absolute atomic E-state index is 12.4. The number of allylic oxidation sites excluding steroid dienone is 1. The maximum atomic E-state index is 12.4. The molecule has 0 aliphatic heterocycles. The normalized spacial score (nSPS) is 20.8. The highest BCUT2D eigenvalue weighted by Crippen LogP contribution is 2.36. The molecule has 1 atom stereocenters. The van der Waals surface area contributed by atoms with Crippen molar-refractivity contribution in [2.45, 2.75) is 57.5 Å². The van der Waals surface area contributed by atoms with Gasteiger partial charge >= 0.3 is 0 Å². The Balaban J connectivity index is 1.67. The number of nitrogens with one attached hydrogen (secondary N) is 1. The van der Waals surface area contributed by atoms with E-state index in [2.05, 4.69) is 22.9 Å². The van der Waals surface area contributed by atoms with Gasteiger partial charge in [-0.3, -0.25) is 4.79 Å². The van der Waals surface area contributed by atoms with Crippen LogP contribution in [0.2, 0.25) is 0 Å². The molecule has 102 valence electrons. The highest BCUT2D eigenvalue weighted by Gasteiger charge is 2.27. The lowest BCUT2D eigenvalue weighted by Gasteiger charge is -2.21. The number of rotatable bonds is 4. The lowest BCUT2D eigenvalue weighted by atomic mass is 9.95. The monoisotopic (exact) mass is 258 g/mol. The fourth-order valence-corrected chi connectivity index (χ4v) is 2.88. The van der Waals surface area contributed by atoms with Crippen LogP contribution in [0, 0.1) is 0 Å². The number of hydrogen-bond donors (Lipinski definition) is 1. The molecule has 0 spiro atoms. The van der Waals surface area contributed by atoms with Crippen molar-refractivity contribution in [3.8, 4) is 0 Å². The van der Waals surface area contributed by atoms with Gasteiger partial charge in [0.15, 0.2) is 0 Å². The summed E-state index contributed by atoms with van der Waals surface area (Å²) in [6.45, 7) is 2.10. The van der Waals surface area contributed by atoms with Crippen LogP contribution in [-0.2, 0) is 0 Å². The molecular formula is C16H22N2O. The van der Waals surface area contributed by atoms with Crippen LogP contribution < -0.4 is 5.32 Å². The molecule has 0 aromatic carbocycles. The lowest BCUT2D eigenvalue weighted by molar-refractivity contribution is 0.0935. The number of nitrogens with zero attached hydrogens (tertiary/aromatic N) is 1. The van der Waals surface area contributed by atoms with Gasteiger partial charge in [-0.1, -0.05) is 11.6 Å². The zero-order valence-electron chi connectivity index (χ0n) is 11.6. The second kappa shape index (κ2) is 5.24. The minimum atomic E-state index is 0.0656. The van der Waals surface area contributed by atoms with Crippen molar-refractivity contribution >= 4 is 5.91 Å². The molecule has 3 rings (SSSR count). The smallest absolute Gasteiger partial charge is 0.268 e. The second-order valence-corrected chi connectivity index (χ2v) is 5.75. The molecule has 1 amide bonds. The van der Waals surface area contributed by atoms with E-state index in [1.165, 1.54) is 31.3 Å². The van der Waals surface area contributed by atoms with Crippen LogP contribution in [0.25, 0.3) is 0 Å². The zero-order chi connectivity index (χ0) is 13.2. The summed E-state index contributed by atoms with van der Waals surface area (Å²) in [7, 11) is 0. The van der Waals surface area contributed by atoms with Gasteiger partial charge in [-0.25, -0.2) is 0 Å². The molecule has 1 N–H and O–H groups in total. The summed E-state index contributed by atoms with van der Waals surface area (Å²) in [5.74, 6) is 0.0656. The topological polar surface area (TPSA) is 34.0 Å². The number of amides is 1. The molecule has 2 aliphatic carbocycles. The SMILES string of the molecule is C[C@H](NC(=O)c1cccn1C1CC1)C1=CCCCC1. The molecule has 0 bridgehead atoms. The van der Waals surface area contributed by atoms with Gasteiger partial charge in [0.05, 0.1) is 0 Å². The Morgan fingerprint density at radius 2 is 2.26 bits per heavy atom. The lowest BCUT2D eigenvalue weighted by Crippen LogP contribution is -2.35. The quantitative estimate of drug-likeness (QED) is 0.825. The minimum Gasteiger partial charge on any atom is -0.345 e. The van der Waals surface area contributed by atoms with Crippen LogP contribution in [0.3, 0.4) is 0 Å². The Labute approximate surface area is 114 Å². The summed E-state index contributed by atoms with van der Waals surface area (Å²) in [6, 6.07) is 4.61. The fraction of sp³-hybridized carbons (Fsp3) is 0.562. The molecule has 0 radical (unpaired) electrons. The molecule has 0 unspecified atom stereocenters. The molecule has 2 aliphatic rings. The summed E-state index contributed by atoms with van der Waals surface area (Å²) in [4.78, 5) is 12.4. The standard InChI is InChI=1S/C16H22N2O/c1-12(13-6-3-2-4-7-13)17-16(19)15-8-5-11-18(15)14-9-10-14/h5-6,8,11-12,14H,2-4,7,9-10H2,1H3,(H,17,19)/t12-/m0/s1. The first-order valence-corrected chi connectivity index (χ1v) is 7.42. The summed E-state index contributed by atoms with van der Waals surface area (Å²) in [6.07, 6.45) is 11.6. The summed E-state index contributed by atoms with van der Waals surface area (Å²) in [5.41, 5.74) is 2.20. The molecule has 0 saturated heterocycles. The molecular weight excluding hydrogens is 236 g/mol. The van der Waals surface area contributed by atoms with Crippen molar-refractivity contribution in [2.24, 2.45) is 0 Å². The van der Waals surface area contributed by atoms with E-state index in [0.29, 0.717) is 6.04 Å². The van der Waals surface area contributed by atoms with Gasteiger partial charge in [0.25, 0.3) is 5.91 Å². The summed E-state index contributed by atoms with van der Waals surface area (Å²) in [5, 5.41) is 3.15. The first-order chi connectivity index (χ1) is 9.25. The van der Waals surface area contributed by atoms with E-state index in [0.717, 1.165) is 18.5 Å². The molecule has 1 saturated carbocycles. The van der Waals surface area contributed by atoms with Crippen LogP contribution >= 0.6 is 0 Å². The molecule has 3 nitrogen and oxygen atoms in total. The van der Waals surface area contributed by atoms with Crippen LogP contribution in [-0.4, -0.2) is 16.5 Å². The molecule has 1 fully saturated rings.